The Morgan fingerprint density at radius 3 is 1.73 bits per heavy atom. The predicted molar refractivity (Wildman–Crippen MR) is 297 cm³/mol. The van der Waals surface area contributed by atoms with Gasteiger partial charge < -0.3 is 36.4 Å². The fourth-order valence-corrected chi connectivity index (χ4v) is 10.3. The number of aryl methyl sites for hydroxylation is 2. The van der Waals surface area contributed by atoms with Crippen molar-refractivity contribution in [3.05, 3.63) is 213 Å². The summed E-state index contributed by atoms with van der Waals surface area (Å²) in [5, 5.41) is 6.18. The Bertz CT molecular complexity index is 3440. The van der Waals surface area contributed by atoms with Crippen molar-refractivity contribution in [1.82, 2.24) is 20.2 Å². The van der Waals surface area contributed by atoms with Crippen LogP contribution in [-0.2, 0) is 52.9 Å². The van der Waals surface area contributed by atoms with Gasteiger partial charge in [-0.3, -0.25) is 9.59 Å². The predicted octanol–water partition coefficient (Wildman–Crippen LogP) is 12.7. The van der Waals surface area contributed by atoms with E-state index in [1.807, 2.05) is 56.1 Å². The van der Waals surface area contributed by atoms with E-state index >= 15 is 0 Å². The number of para-hydroxylation sites is 2. The number of carbonyl (C=O) groups is 3. The van der Waals surface area contributed by atoms with E-state index in [4.69, 9.17) is 16.2 Å². The van der Waals surface area contributed by atoms with Crippen LogP contribution in [0.3, 0.4) is 0 Å². The topological polar surface area (TPSA) is 159 Å². The molecular weight excluding hydrogens is 943 g/mol. The molecule has 2 atom stereocenters. The maximum absolute atomic E-state index is 13.4. The minimum atomic E-state index is -0.600. The van der Waals surface area contributed by atoms with Crippen LogP contribution in [-0.4, -0.2) is 51.2 Å². The Balaban J connectivity index is 0.000000187. The summed E-state index contributed by atoms with van der Waals surface area (Å²) in [5.74, 6) is -0.993. The summed E-state index contributed by atoms with van der Waals surface area (Å²) in [7, 11) is 0. The molecule has 2 aromatic heterocycles. The number of amides is 1. The fourth-order valence-electron chi connectivity index (χ4n) is 10.3. The normalized spacial score (nSPS) is 15.1. The molecule has 0 bridgehead atoms. The zero-order chi connectivity index (χ0) is 52.6. The molecule has 1 amide bonds. The number of ether oxygens (including phenoxy) is 1. The van der Waals surface area contributed by atoms with Crippen LogP contribution in [0.2, 0.25) is 0 Å². The van der Waals surface area contributed by atoms with E-state index in [1.165, 1.54) is 63.5 Å². The minimum Gasteiger partial charge on any atom is -0.444 e. The summed E-state index contributed by atoms with van der Waals surface area (Å²) < 4.78 is 32.3. The first kappa shape index (κ1) is 51.8. The van der Waals surface area contributed by atoms with Gasteiger partial charge in [0.1, 0.15) is 17.2 Å². The van der Waals surface area contributed by atoms with Crippen molar-refractivity contribution in [2.24, 2.45) is 0 Å². The van der Waals surface area contributed by atoms with Crippen LogP contribution in [0.15, 0.2) is 146 Å². The van der Waals surface area contributed by atoms with Crippen molar-refractivity contribution in [1.29, 1.82) is 0 Å². The van der Waals surface area contributed by atoms with Gasteiger partial charge in [-0.25, -0.2) is 13.6 Å². The molecule has 2 aliphatic rings. The molecule has 0 saturated carbocycles. The zero-order valence-electron chi connectivity index (χ0n) is 42.7. The van der Waals surface area contributed by atoms with Crippen LogP contribution >= 0.6 is 0 Å². The number of anilines is 2. The molecule has 2 aliphatic carbocycles. The monoisotopic (exact) mass is 1010 g/mol. The molecule has 12 heteroatoms. The average molecular weight is 1010 g/mol. The molecule has 0 fully saturated rings. The van der Waals surface area contributed by atoms with Crippen molar-refractivity contribution in [3.8, 4) is 0 Å². The zero-order valence-corrected chi connectivity index (χ0v) is 42.7. The van der Waals surface area contributed by atoms with E-state index in [1.54, 1.807) is 24.3 Å². The summed E-state index contributed by atoms with van der Waals surface area (Å²) in [6.07, 6.45) is 16.3. The number of fused-ring (bicyclic) bond motifs is 4. The number of hydrogen-bond acceptors (Lipinski definition) is 7. The van der Waals surface area contributed by atoms with Crippen LogP contribution in [0.25, 0.3) is 34.0 Å². The highest BCUT2D eigenvalue weighted by molar-refractivity contribution is 5.96. The molecule has 10 rings (SSSR count). The van der Waals surface area contributed by atoms with Crippen LogP contribution in [0, 0.1) is 11.6 Å². The summed E-state index contributed by atoms with van der Waals surface area (Å²) in [4.78, 5) is 46.9. The smallest absolute Gasteiger partial charge is 0.410 e. The van der Waals surface area contributed by atoms with Crippen molar-refractivity contribution in [3.63, 3.8) is 0 Å². The van der Waals surface area contributed by atoms with E-state index in [9.17, 15) is 23.2 Å². The number of H-pyrrole nitrogens is 2. The van der Waals surface area contributed by atoms with Crippen LogP contribution in [0.1, 0.15) is 101 Å². The maximum Gasteiger partial charge on any atom is 0.410 e. The average Bonchev–Trinajstić information content (AvgIpc) is 4.20. The number of allylic oxidation sites excluding steroid dienone is 2. The van der Waals surface area contributed by atoms with Gasteiger partial charge in [-0.2, -0.15) is 0 Å². The first-order chi connectivity index (χ1) is 36.1. The van der Waals surface area contributed by atoms with Crippen LogP contribution in [0.5, 0.6) is 0 Å². The number of nitrogen functional groups attached to an aromatic ring is 2. The van der Waals surface area contributed by atoms with Crippen molar-refractivity contribution in [2.45, 2.75) is 89.8 Å². The number of nitrogens with one attached hydrogen (secondary N) is 3. The number of aromatic amines is 2. The Hall–Kier alpha value is -8.09. The minimum absolute atomic E-state index is 0.0596. The number of carbonyl (C=O) groups excluding carboxylic acids is 3. The van der Waals surface area contributed by atoms with E-state index in [-0.39, 0.29) is 42.2 Å². The number of rotatable bonds is 16. The SMILES string of the molecule is CC(C)(C)OC(=O)N(CCc1c[nH]c2ccccc12)C1CCc2cc(/C=C/C(=O)Cc3ccc(F)cc3N)ccc21.Nc1cc(F)ccc1CC(=O)/C=C/c1ccc2c(c1)CCC2NCCc1c[nH]c2ccccc12. The van der Waals surface area contributed by atoms with Crippen LogP contribution < -0.4 is 16.8 Å². The number of nitrogens with zero attached hydrogens (tertiary/aromatic N) is 1. The molecule has 0 spiro atoms. The van der Waals surface area contributed by atoms with Crippen molar-refractivity contribution < 1.29 is 27.9 Å². The molecule has 2 heterocycles. The van der Waals surface area contributed by atoms with E-state index in [0.717, 1.165) is 71.8 Å². The molecule has 7 N–H and O–H groups in total. The molecule has 0 saturated heterocycles. The van der Waals surface area contributed by atoms with Crippen molar-refractivity contribution >= 4 is 63.0 Å². The standard InChI is InChI=1S/C34H36FN3O3.C29H28FN3O/c1-34(2,3)41-33(40)38(17-16-25-21-37-31-7-5-4-6-28(25)31)32-15-11-23-18-22(9-14-29(23)32)8-13-27(39)19-24-10-12-26(35)20-30(24)36;30-23-9-7-21(27(31)17-23)16-24(34)10-5-19-6-11-26-20(15-19)8-12-29(26)32-14-13-22-18-33-28-4-2-1-3-25(22)28/h4-10,12-14,18,20-21,32,37H,11,15-17,19,36H2,1-3H3;1-7,9-11,15,17-18,29,32-33H,8,12-14,16,31H2/b13-8+;10-5+. The van der Waals surface area contributed by atoms with Crippen molar-refractivity contribution in [2.75, 3.05) is 24.6 Å². The van der Waals surface area contributed by atoms with Gasteiger partial charge in [-0.15, -0.1) is 0 Å². The second-order valence-corrected chi connectivity index (χ2v) is 20.5. The lowest BCUT2D eigenvalue weighted by Crippen LogP contribution is -2.40. The quantitative estimate of drug-likeness (QED) is 0.0476. The summed E-state index contributed by atoms with van der Waals surface area (Å²) in [6, 6.07) is 37.6. The Labute approximate surface area is 436 Å². The lowest BCUT2D eigenvalue weighted by molar-refractivity contribution is -0.114. The third-order valence-electron chi connectivity index (χ3n) is 14.1. The third kappa shape index (κ3) is 13.0. The van der Waals surface area contributed by atoms with Gasteiger partial charge in [0.15, 0.2) is 11.6 Å². The largest absolute Gasteiger partial charge is 0.444 e. The van der Waals surface area contributed by atoms with Gasteiger partial charge in [-0.1, -0.05) is 97.1 Å². The van der Waals surface area contributed by atoms with Gasteiger partial charge >= 0.3 is 6.09 Å². The van der Waals surface area contributed by atoms with Gasteiger partial charge in [0.2, 0.25) is 0 Å². The fraction of sp³-hybridized carbons (Fsp3) is 0.254. The second-order valence-electron chi connectivity index (χ2n) is 20.5. The highest BCUT2D eigenvalue weighted by Gasteiger charge is 2.34. The Morgan fingerprint density at radius 2 is 1.17 bits per heavy atom. The lowest BCUT2D eigenvalue weighted by atomic mass is 10.0. The number of halogens is 2. The molecule has 6 aromatic carbocycles. The molecule has 8 aromatic rings. The number of benzene rings is 6. The van der Waals surface area contributed by atoms with E-state index in [0.29, 0.717) is 35.8 Å². The number of aromatic nitrogens is 2. The van der Waals surface area contributed by atoms with Gasteiger partial charge in [-0.05, 0) is 170 Å². The molecule has 0 radical (unpaired) electrons. The second kappa shape index (κ2) is 23.0. The summed E-state index contributed by atoms with van der Waals surface area (Å²) >= 11 is 0. The summed E-state index contributed by atoms with van der Waals surface area (Å²) in [6.45, 7) is 7.11. The number of hydrogen-bond donors (Lipinski definition) is 5. The van der Waals surface area contributed by atoms with Gasteiger partial charge in [0.05, 0.1) is 6.04 Å². The molecule has 384 valence electrons. The molecule has 2 unspecified atom stereocenters. The maximum atomic E-state index is 13.4. The lowest BCUT2D eigenvalue weighted by Gasteiger charge is -2.32. The molecule has 10 nitrogen and oxygen atoms in total. The molecule has 0 aliphatic heterocycles. The highest BCUT2D eigenvalue weighted by atomic mass is 19.1. The summed E-state index contributed by atoms with van der Waals surface area (Å²) in [5.41, 5.74) is 24.5. The first-order valence-electron chi connectivity index (χ1n) is 25.7. The van der Waals surface area contributed by atoms with Crippen LogP contribution in [0.4, 0.5) is 25.0 Å². The molecular formula is C63H64F2N6O4. The van der Waals surface area contributed by atoms with E-state index < -0.39 is 17.2 Å². The molecule has 75 heavy (non-hydrogen) atoms. The first-order valence-corrected chi connectivity index (χ1v) is 25.7. The highest BCUT2D eigenvalue weighted by Crippen LogP contribution is 2.38. The van der Waals surface area contributed by atoms with Gasteiger partial charge in [0, 0.05) is 71.0 Å². The van der Waals surface area contributed by atoms with Gasteiger partial charge in [0.25, 0.3) is 0 Å². The Morgan fingerprint density at radius 1 is 0.653 bits per heavy atom. The Kier molecular flexibility index (Phi) is 15.9. The van der Waals surface area contributed by atoms with E-state index in [2.05, 4.69) is 88.2 Å². The number of nitrogens with two attached hydrogens (primary N) is 2. The third-order valence-corrected chi connectivity index (χ3v) is 14.1. The number of ketones is 2.